The van der Waals surface area contributed by atoms with E-state index in [1.165, 1.54) is 47.6 Å². The molecule has 0 amide bonds. The molecule has 2 atom stereocenters. The molecular weight excluding hydrogens is 839 g/mol. The maximum absolute atomic E-state index is 7.57. The van der Waals surface area contributed by atoms with Crippen LogP contribution in [-0.2, 0) is 21.7 Å². The molecule has 4 nitrogen and oxygen atoms in total. The minimum absolute atomic E-state index is 0.0451. The molecule has 0 aliphatic heterocycles. The fourth-order valence-electron chi connectivity index (χ4n) is 7.22. The Morgan fingerprint density at radius 1 is 0.702 bits per heavy atom. The van der Waals surface area contributed by atoms with Crippen molar-refractivity contribution >= 4 is 60.9 Å². The molecule has 9 heteroatoms. The predicted octanol–water partition coefficient (Wildman–Crippen LogP) is 16.6. The Bertz CT molecular complexity index is 2250. The first-order valence-corrected chi connectivity index (χ1v) is 28.7. The normalized spacial score (nSPS) is 16.9. The Balaban J connectivity index is 0.000000208. The number of ether oxygens (including phenoxy) is 1. The van der Waals surface area contributed by atoms with E-state index in [2.05, 4.69) is 154 Å². The van der Waals surface area contributed by atoms with Crippen LogP contribution in [0.15, 0.2) is 82.0 Å². The Labute approximate surface area is 361 Å². The van der Waals surface area contributed by atoms with Crippen LogP contribution in [0, 0.1) is 6.57 Å². The molecule has 2 unspecified atom stereocenters. The van der Waals surface area contributed by atoms with Gasteiger partial charge in [-0.3, -0.25) is 0 Å². The van der Waals surface area contributed by atoms with Crippen LogP contribution in [0.2, 0.25) is 36.3 Å². The second-order valence-corrected chi connectivity index (χ2v) is 31.1. The van der Waals surface area contributed by atoms with Gasteiger partial charge in [0.25, 0.3) is 0 Å². The number of thiophene rings is 2. The number of hydrogen-bond acceptors (Lipinski definition) is 5. The van der Waals surface area contributed by atoms with Crippen molar-refractivity contribution in [3.8, 4) is 37.8 Å². The number of nitrogens with zero attached hydrogens (tertiary/aromatic N) is 1. The zero-order chi connectivity index (χ0) is 41.5. The highest BCUT2D eigenvalue weighted by molar-refractivity contribution is 9.10. The minimum Gasteiger partial charge on any atom is -0.502 e. The van der Waals surface area contributed by atoms with Crippen LogP contribution in [0.3, 0.4) is 0 Å². The lowest BCUT2D eigenvalue weighted by atomic mass is 10.0. The van der Waals surface area contributed by atoms with Gasteiger partial charge in [-0.2, -0.15) is 0 Å². The lowest BCUT2D eigenvalue weighted by Crippen LogP contribution is -2.41. The SMILES string of the molecule is CC(C)(C)[Si](C)(C)OC1CCc2c(-c3cc(Br)cs3)cccc21.[C-]#[N+]c1cc(-c2csc(-c3cccc4c3CCC4O[Si](C)(C)C(C)(C)C)c2)ccc1OC(C)C. The van der Waals surface area contributed by atoms with Crippen molar-refractivity contribution in [3.63, 3.8) is 0 Å². The first kappa shape index (κ1) is 43.8. The van der Waals surface area contributed by atoms with Crippen LogP contribution in [0.1, 0.15) is 103 Å². The van der Waals surface area contributed by atoms with Gasteiger partial charge >= 0.3 is 0 Å². The van der Waals surface area contributed by atoms with Crippen molar-refractivity contribution < 1.29 is 13.6 Å². The average Bonchev–Trinajstić information content (AvgIpc) is 3.95. The standard InChI is InChI=1S/C29H35NO2SSi.C19H25BrOSSi/c1-19(2)31-27-14-12-20(16-25(27)30-6)21-17-28(33-18-21)24-11-9-10-23-22(24)13-15-26(23)32-34(7,8)29(3,4)5;1-19(2,3)23(4,5)21-17-10-9-14-15(17)7-6-8-16(14)18-11-13(20)12-22-18/h9-12,14,16-19,26H,13,15H2,1-5,7-8H3;6-8,11-12,17H,9-10H2,1-5H3. The zero-order valence-corrected chi connectivity index (χ0v) is 41.2. The molecule has 2 aromatic heterocycles. The molecule has 0 radical (unpaired) electrons. The van der Waals surface area contributed by atoms with Crippen LogP contribution in [0.4, 0.5) is 5.69 Å². The van der Waals surface area contributed by atoms with Crippen molar-refractivity contribution in [2.75, 3.05) is 0 Å². The summed E-state index contributed by atoms with van der Waals surface area (Å²) in [5.74, 6) is 0.651. The minimum atomic E-state index is -1.83. The van der Waals surface area contributed by atoms with Gasteiger partial charge in [0.05, 0.1) is 24.9 Å². The van der Waals surface area contributed by atoms with E-state index in [1.54, 1.807) is 11.3 Å². The highest BCUT2D eigenvalue weighted by Crippen LogP contribution is 2.48. The third-order valence-electron chi connectivity index (χ3n) is 12.4. The van der Waals surface area contributed by atoms with Crippen LogP contribution in [-0.4, -0.2) is 22.7 Å². The molecule has 0 saturated heterocycles. The van der Waals surface area contributed by atoms with E-state index >= 15 is 0 Å². The first-order valence-electron chi connectivity index (χ1n) is 20.3. The molecule has 2 aliphatic carbocycles. The molecule has 0 fully saturated rings. The molecule has 57 heavy (non-hydrogen) atoms. The van der Waals surface area contributed by atoms with E-state index in [9.17, 15) is 0 Å². The van der Waals surface area contributed by atoms with E-state index in [1.807, 2.05) is 37.3 Å². The van der Waals surface area contributed by atoms with E-state index in [0.29, 0.717) is 11.4 Å². The maximum Gasteiger partial charge on any atom is 0.228 e. The van der Waals surface area contributed by atoms with Crippen LogP contribution >= 0.6 is 38.6 Å². The zero-order valence-electron chi connectivity index (χ0n) is 35.9. The number of benzene rings is 3. The van der Waals surface area contributed by atoms with Crippen molar-refractivity contribution in [2.45, 2.75) is 136 Å². The van der Waals surface area contributed by atoms with Gasteiger partial charge in [0.2, 0.25) is 5.69 Å². The maximum atomic E-state index is 7.57. The summed E-state index contributed by atoms with van der Waals surface area (Å²) in [5, 5.41) is 4.81. The summed E-state index contributed by atoms with van der Waals surface area (Å²) in [4.78, 5) is 6.31. The van der Waals surface area contributed by atoms with Gasteiger partial charge in [0.1, 0.15) is 5.75 Å². The third kappa shape index (κ3) is 9.65. The second-order valence-electron chi connectivity index (χ2n) is 18.8. The Hall–Kier alpha value is -2.82. The van der Waals surface area contributed by atoms with Crippen LogP contribution < -0.4 is 4.74 Å². The topological polar surface area (TPSA) is 32.0 Å². The smallest absolute Gasteiger partial charge is 0.228 e. The van der Waals surface area contributed by atoms with Crippen LogP contribution in [0.5, 0.6) is 5.75 Å². The van der Waals surface area contributed by atoms with Gasteiger partial charge in [-0.15, -0.1) is 22.7 Å². The molecule has 302 valence electrons. The van der Waals surface area contributed by atoms with Crippen LogP contribution in [0.25, 0.3) is 36.9 Å². The summed E-state index contributed by atoms with van der Waals surface area (Å²) in [6, 6.07) is 23.8. The summed E-state index contributed by atoms with van der Waals surface area (Å²) >= 11 is 7.15. The second kappa shape index (κ2) is 17.0. The Kier molecular flexibility index (Phi) is 13.1. The van der Waals surface area contributed by atoms with Gasteiger partial charge in [-0.25, -0.2) is 4.85 Å². The lowest BCUT2D eigenvalue weighted by molar-refractivity contribution is 0.185. The van der Waals surface area contributed by atoms with E-state index < -0.39 is 16.6 Å². The van der Waals surface area contributed by atoms with Crippen molar-refractivity contribution in [1.29, 1.82) is 0 Å². The number of hydrogen-bond donors (Lipinski definition) is 0. The summed E-state index contributed by atoms with van der Waals surface area (Å²) in [5.41, 5.74) is 11.2. The Morgan fingerprint density at radius 3 is 1.67 bits per heavy atom. The van der Waals surface area contributed by atoms with E-state index in [4.69, 9.17) is 20.2 Å². The molecule has 5 aromatic rings. The molecule has 2 aliphatic rings. The summed E-state index contributed by atoms with van der Waals surface area (Å²) in [7, 11) is -3.57. The number of fused-ring (bicyclic) bond motifs is 2. The number of halogens is 1. The highest BCUT2D eigenvalue weighted by Gasteiger charge is 2.42. The van der Waals surface area contributed by atoms with Gasteiger partial charge in [0.15, 0.2) is 16.6 Å². The van der Waals surface area contributed by atoms with Gasteiger partial charge in [0, 0.05) is 19.6 Å². The third-order valence-corrected chi connectivity index (χ3v) is 24.1. The van der Waals surface area contributed by atoms with Gasteiger partial charge in [-0.05, 0) is 166 Å². The predicted molar refractivity (Wildman–Crippen MR) is 253 cm³/mol. The average molecular weight is 899 g/mol. The largest absolute Gasteiger partial charge is 0.502 e. The Morgan fingerprint density at radius 2 is 1.21 bits per heavy atom. The van der Waals surface area contributed by atoms with E-state index in [-0.39, 0.29) is 28.4 Å². The van der Waals surface area contributed by atoms with Crippen molar-refractivity contribution in [2.24, 2.45) is 0 Å². The fraction of sp³-hybridized carbons (Fsp3) is 0.438. The monoisotopic (exact) mass is 897 g/mol. The first-order chi connectivity index (χ1) is 26.7. The van der Waals surface area contributed by atoms with E-state index in [0.717, 1.165) is 36.8 Å². The van der Waals surface area contributed by atoms with Gasteiger partial charge < -0.3 is 13.6 Å². The molecule has 7 rings (SSSR count). The number of rotatable bonds is 9. The lowest BCUT2D eigenvalue weighted by Gasteiger charge is -2.38. The summed E-state index contributed by atoms with van der Waals surface area (Å²) in [6.07, 6.45) is 4.87. The molecule has 0 bridgehead atoms. The fourth-order valence-corrected chi connectivity index (χ4v) is 12.3. The summed E-state index contributed by atoms with van der Waals surface area (Å²) < 4.78 is 20.5. The quantitative estimate of drug-likeness (QED) is 0.109. The van der Waals surface area contributed by atoms with Crippen molar-refractivity contribution in [3.05, 3.63) is 116 Å². The highest BCUT2D eigenvalue weighted by atomic mass is 79.9. The van der Waals surface area contributed by atoms with Crippen molar-refractivity contribution in [1.82, 2.24) is 0 Å². The molecule has 0 N–H and O–H groups in total. The molecule has 0 saturated carbocycles. The molecule has 0 spiro atoms. The molecule has 3 aromatic carbocycles. The molecular formula is C48H60BrNO3S2Si2. The summed E-state index contributed by atoms with van der Waals surface area (Å²) in [6.45, 7) is 34.8. The molecule has 2 heterocycles. The van der Waals surface area contributed by atoms with Gasteiger partial charge in [-0.1, -0.05) is 84.0 Å².